The van der Waals surface area contributed by atoms with Gasteiger partial charge in [0.1, 0.15) is 11.9 Å². The number of para-hydroxylation sites is 2. The Bertz CT molecular complexity index is 2160. The quantitative estimate of drug-likeness (QED) is 0.174. The number of aromatic amines is 1. The van der Waals surface area contributed by atoms with E-state index in [-0.39, 0.29) is 11.5 Å². The Morgan fingerprint density at radius 2 is 1.69 bits per heavy atom. The Morgan fingerprint density at radius 1 is 0.878 bits per heavy atom. The molecule has 1 aromatic heterocycles. The van der Waals surface area contributed by atoms with Crippen LogP contribution in [0.5, 0.6) is 0 Å². The lowest BCUT2D eigenvalue weighted by Crippen LogP contribution is -2.64. The third kappa shape index (κ3) is 4.41. The van der Waals surface area contributed by atoms with Crippen LogP contribution < -0.4 is 10.4 Å². The van der Waals surface area contributed by atoms with Gasteiger partial charge >= 0.3 is 0 Å². The predicted octanol–water partition coefficient (Wildman–Crippen LogP) is 10.3. The smallest absolute Gasteiger partial charge is 0.212 e. The van der Waals surface area contributed by atoms with E-state index in [0.717, 1.165) is 37.9 Å². The van der Waals surface area contributed by atoms with Crippen LogP contribution in [0.25, 0.3) is 21.8 Å². The number of hydrogen-bond donors (Lipinski definition) is 1. The predicted molar refractivity (Wildman–Crippen MR) is 206 cm³/mol. The van der Waals surface area contributed by atoms with Crippen molar-refractivity contribution >= 4 is 39.7 Å². The fraction of sp³-hybridized carbons (Fsp3) is 0.422. The number of benzene rings is 3. The van der Waals surface area contributed by atoms with Gasteiger partial charge in [0.25, 0.3) is 0 Å². The molecule has 0 spiro atoms. The highest BCUT2D eigenvalue weighted by Gasteiger charge is 2.54. The zero-order chi connectivity index (χ0) is 33.2. The van der Waals surface area contributed by atoms with Gasteiger partial charge in [-0.15, -0.1) is 0 Å². The first-order chi connectivity index (χ1) is 23.8. The van der Waals surface area contributed by atoms with Crippen molar-refractivity contribution in [2.24, 2.45) is 11.3 Å². The first kappa shape index (κ1) is 30.0. The number of nitrogens with one attached hydrogen (secondary N) is 1. The van der Waals surface area contributed by atoms with Crippen molar-refractivity contribution in [1.29, 1.82) is 0 Å². The maximum atomic E-state index is 6.54. The van der Waals surface area contributed by atoms with Crippen molar-refractivity contribution in [3.05, 3.63) is 118 Å². The number of hydrogen-bond acceptors (Lipinski definition) is 2. The van der Waals surface area contributed by atoms with E-state index in [2.05, 4.69) is 123 Å². The van der Waals surface area contributed by atoms with E-state index in [4.69, 9.17) is 4.74 Å². The molecule has 6 atom stereocenters. The van der Waals surface area contributed by atoms with Gasteiger partial charge in [0.2, 0.25) is 6.71 Å². The van der Waals surface area contributed by atoms with Crippen molar-refractivity contribution in [2.45, 2.75) is 109 Å². The van der Waals surface area contributed by atoms with Crippen LogP contribution in [0.1, 0.15) is 90.2 Å². The van der Waals surface area contributed by atoms with Crippen LogP contribution in [-0.2, 0) is 11.2 Å². The summed E-state index contributed by atoms with van der Waals surface area (Å²) in [6.45, 7) is 12.6. The van der Waals surface area contributed by atoms with Gasteiger partial charge in [-0.2, -0.15) is 0 Å². The molecule has 4 heteroatoms. The summed E-state index contributed by atoms with van der Waals surface area (Å²) in [5.74, 6) is 2.67. The molecule has 49 heavy (non-hydrogen) atoms. The van der Waals surface area contributed by atoms with Gasteiger partial charge in [0.05, 0.1) is 11.2 Å². The Hall–Kier alpha value is -3.92. The van der Waals surface area contributed by atoms with E-state index in [9.17, 15) is 0 Å². The molecule has 3 aliphatic heterocycles. The summed E-state index contributed by atoms with van der Waals surface area (Å²) in [6, 6.07) is 24.2. The van der Waals surface area contributed by atoms with Gasteiger partial charge in [0, 0.05) is 39.9 Å². The number of fused-ring (bicyclic) bond motifs is 8. The van der Waals surface area contributed by atoms with Crippen LogP contribution in [0.3, 0.4) is 0 Å². The molecule has 2 fully saturated rings. The zero-order valence-corrected chi connectivity index (χ0v) is 29.9. The highest BCUT2D eigenvalue weighted by atomic mass is 16.5. The monoisotopic (exact) mass is 644 g/mol. The van der Waals surface area contributed by atoms with Crippen LogP contribution >= 0.6 is 0 Å². The molecule has 3 aromatic carbocycles. The molecular weight excluding hydrogens is 595 g/mol. The molecule has 2 saturated heterocycles. The molecule has 3 aliphatic carbocycles. The van der Waals surface area contributed by atoms with E-state index in [0.29, 0.717) is 36.4 Å². The first-order valence-electron chi connectivity index (χ1n) is 19.1. The summed E-state index contributed by atoms with van der Waals surface area (Å²) in [7, 11) is 0. The first-order valence-corrected chi connectivity index (χ1v) is 19.1. The van der Waals surface area contributed by atoms with Gasteiger partial charge in [0.15, 0.2) is 0 Å². The minimum Gasteiger partial charge on any atom is -0.490 e. The molecule has 4 aromatic rings. The van der Waals surface area contributed by atoms with Gasteiger partial charge < -0.3 is 14.6 Å². The molecule has 0 bridgehead atoms. The Balaban J connectivity index is 1.18. The van der Waals surface area contributed by atoms with Crippen molar-refractivity contribution < 1.29 is 4.74 Å². The van der Waals surface area contributed by atoms with Crippen LogP contribution in [0.4, 0.5) is 5.69 Å². The van der Waals surface area contributed by atoms with Crippen LogP contribution in [0.2, 0.25) is 5.82 Å². The van der Waals surface area contributed by atoms with Crippen LogP contribution in [0, 0.1) is 11.3 Å². The second kappa shape index (κ2) is 10.8. The summed E-state index contributed by atoms with van der Waals surface area (Å²) < 4.78 is 6.54. The summed E-state index contributed by atoms with van der Waals surface area (Å²) in [4.78, 5) is 6.89. The molecule has 0 amide bonds. The number of H-pyrrole nitrogens is 1. The second-order valence-corrected chi connectivity index (χ2v) is 17.2. The molecule has 1 N–H and O–H groups in total. The normalized spacial score (nSPS) is 29.1. The minimum absolute atomic E-state index is 0.167. The van der Waals surface area contributed by atoms with Crippen molar-refractivity contribution in [1.82, 2.24) is 4.98 Å². The van der Waals surface area contributed by atoms with Crippen molar-refractivity contribution in [3.8, 4) is 0 Å². The number of aromatic nitrogens is 1. The molecule has 4 heterocycles. The number of anilines is 1. The topological polar surface area (TPSA) is 28.3 Å². The number of allylic oxidation sites excluding steroid dienone is 5. The van der Waals surface area contributed by atoms with Crippen LogP contribution in [0.15, 0.2) is 107 Å². The lowest BCUT2D eigenvalue weighted by atomic mass is 9.24. The highest BCUT2D eigenvalue weighted by Crippen LogP contribution is 2.55. The molecule has 0 radical (unpaired) electrons. The SMILES string of the molecule is CC1CC2=C3B(c4cccc(C5C6=CCCC=C6OC5C)c4C2)C2CC=C(C(C)(C)C)CC2N(c2cccc4c2[nH]c2ccccc24)C3C1. The maximum Gasteiger partial charge on any atom is 0.212 e. The summed E-state index contributed by atoms with van der Waals surface area (Å²) in [5.41, 5.74) is 15.5. The van der Waals surface area contributed by atoms with Gasteiger partial charge in [-0.05, 0) is 98.4 Å². The Kier molecular flexibility index (Phi) is 6.60. The largest absolute Gasteiger partial charge is 0.490 e. The third-order valence-corrected chi connectivity index (χ3v) is 13.3. The summed E-state index contributed by atoms with van der Waals surface area (Å²) in [5, 5.41) is 2.68. The zero-order valence-electron chi connectivity index (χ0n) is 29.9. The Labute approximate surface area is 292 Å². The van der Waals surface area contributed by atoms with Gasteiger partial charge in [-0.1, -0.05) is 110 Å². The number of nitrogens with zero attached hydrogens (tertiary/aromatic N) is 1. The van der Waals surface area contributed by atoms with Gasteiger partial charge in [-0.25, -0.2) is 0 Å². The number of ether oxygens (including phenoxy) is 1. The molecule has 0 saturated carbocycles. The molecule has 6 unspecified atom stereocenters. The fourth-order valence-electron chi connectivity index (χ4n) is 11.3. The van der Waals surface area contributed by atoms with Crippen LogP contribution in [-0.4, -0.2) is 29.9 Å². The lowest BCUT2D eigenvalue weighted by Gasteiger charge is -2.58. The third-order valence-electron chi connectivity index (χ3n) is 13.3. The molecule has 3 nitrogen and oxygen atoms in total. The fourth-order valence-corrected chi connectivity index (χ4v) is 11.3. The number of rotatable bonds is 2. The molecule has 248 valence electrons. The summed E-state index contributed by atoms with van der Waals surface area (Å²) in [6.07, 6.45) is 15.7. The standard InChI is InChI=1S/C45H49BN2O/c1-26-22-28-24-34-31(42-27(2)49-41-19-9-7-13-33(41)42)14-10-16-35(34)46-36-21-20-29(45(3,4)5)25-39(36)48(40(23-26)43(28)46)38-18-11-15-32-30-12-6-8-17-37(30)47-44(32)38/h6,8,10-20,26-27,36,39-40,42,47H,7,9,21-25H2,1-5H3. The molecule has 10 rings (SSSR count). The van der Waals surface area contributed by atoms with E-state index >= 15 is 0 Å². The lowest BCUT2D eigenvalue weighted by molar-refractivity contribution is 0.166. The van der Waals surface area contributed by atoms with E-state index in [1.54, 1.807) is 27.6 Å². The summed E-state index contributed by atoms with van der Waals surface area (Å²) >= 11 is 0. The average Bonchev–Trinajstić information content (AvgIpc) is 3.64. The minimum atomic E-state index is 0.167. The maximum absolute atomic E-state index is 6.54. The van der Waals surface area contributed by atoms with Gasteiger partial charge in [-0.3, -0.25) is 0 Å². The van der Waals surface area contributed by atoms with E-state index in [1.807, 2.05) is 0 Å². The van der Waals surface area contributed by atoms with E-state index < -0.39 is 0 Å². The second-order valence-electron chi connectivity index (χ2n) is 17.2. The van der Waals surface area contributed by atoms with Crippen molar-refractivity contribution in [3.63, 3.8) is 0 Å². The molecule has 6 aliphatic rings. The highest BCUT2D eigenvalue weighted by molar-refractivity contribution is 6.82. The van der Waals surface area contributed by atoms with E-state index in [1.165, 1.54) is 51.5 Å². The Morgan fingerprint density at radius 3 is 2.57 bits per heavy atom. The molecular formula is C45H49BN2O. The van der Waals surface area contributed by atoms with Crippen molar-refractivity contribution in [2.75, 3.05) is 4.90 Å². The average molecular weight is 645 g/mol.